The molecular weight excluding hydrogens is 531 g/mol. The van der Waals surface area contributed by atoms with Gasteiger partial charge in [-0.3, -0.25) is 14.7 Å². The first-order chi connectivity index (χ1) is 20.2. The molecule has 0 saturated heterocycles. The number of hydrogen-bond donors (Lipinski definition) is 3. The van der Waals surface area contributed by atoms with Gasteiger partial charge in [0.05, 0.1) is 12.7 Å². The van der Waals surface area contributed by atoms with Crippen LogP contribution in [-0.2, 0) is 25.9 Å². The average molecular weight is 579 g/mol. The molecule has 0 saturated carbocycles. The summed E-state index contributed by atoms with van der Waals surface area (Å²) in [6.07, 6.45) is 8.01. The van der Waals surface area contributed by atoms with Crippen molar-refractivity contribution in [3.05, 3.63) is 94.1 Å². The average Bonchev–Trinajstić information content (AvgIpc) is 2.95. The van der Waals surface area contributed by atoms with Crippen LogP contribution < -0.4 is 15.8 Å². The Bertz CT molecular complexity index is 1270. The highest BCUT2D eigenvalue weighted by atomic mass is 19.1. The van der Waals surface area contributed by atoms with E-state index >= 15 is 0 Å². The SMILES string of the molecule is CCCN(CCCCOc1cc(F)cc(CC[C@H](O)CNCc2cncc(CC)c2)c1)Cc1cc(C)cc(C(N)=O)c1. The molecule has 0 aliphatic rings. The smallest absolute Gasteiger partial charge is 0.248 e. The maximum absolute atomic E-state index is 14.3. The summed E-state index contributed by atoms with van der Waals surface area (Å²) in [7, 11) is 0. The van der Waals surface area contributed by atoms with Gasteiger partial charge in [0.1, 0.15) is 11.6 Å². The summed E-state index contributed by atoms with van der Waals surface area (Å²) in [5.41, 5.74) is 11.2. The van der Waals surface area contributed by atoms with Crippen LogP contribution in [0.5, 0.6) is 5.75 Å². The Hall–Kier alpha value is -3.33. The standard InChI is InChI=1S/C34H47FN4O3/c1-4-10-39(24-28-13-25(3)14-30(16-28)34(36)41)11-6-7-12-42-33-18-27(17-31(35)19-33)8-9-32(40)23-38-22-29-15-26(5-2)20-37-21-29/h13-21,32,38,40H,4-12,22-24H2,1-3H3,(H2,36,41)/t32-/m0/s1. The molecule has 4 N–H and O–H groups in total. The lowest BCUT2D eigenvalue weighted by molar-refractivity contribution is 0.1000. The topological polar surface area (TPSA) is 101 Å². The van der Waals surface area contributed by atoms with Gasteiger partial charge < -0.3 is 20.9 Å². The van der Waals surface area contributed by atoms with E-state index < -0.39 is 12.0 Å². The molecule has 0 unspecified atom stereocenters. The van der Waals surface area contributed by atoms with E-state index in [1.807, 2.05) is 37.5 Å². The van der Waals surface area contributed by atoms with E-state index in [2.05, 4.69) is 41.2 Å². The minimum absolute atomic E-state index is 0.332. The van der Waals surface area contributed by atoms with Gasteiger partial charge in [-0.05, 0) is 105 Å². The molecule has 0 fully saturated rings. The van der Waals surface area contributed by atoms with E-state index in [1.54, 1.807) is 0 Å². The number of benzene rings is 2. The van der Waals surface area contributed by atoms with Crippen molar-refractivity contribution in [1.29, 1.82) is 0 Å². The molecule has 3 rings (SSSR count). The fraction of sp³-hybridized carbons (Fsp3) is 0.471. The Balaban J connectivity index is 1.39. The summed E-state index contributed by atoms with van der Waals surface area (Å²) in [4.78, 5) is 18.3. The quantitative estimate of drug-likeness (QED) is 0.166. The zero-order valence-corrected chi connectivity index (χ0v) is 25.4. The van der Waals surface area contributed by atoms with E-state index in [9.17, 15) is 14.3 Å². The number of rotatable bonds is 19. The Kier molecular flexibility index (Phi) is 13.9. The van der Waals surface area contributed by atoms with Gasteiger partial charge in [0.25, 0.3) is 0 Å². The van der Waals surface area contributed by atoms with Crippen LogP contribution in [0.15, 0.2) is 54.9 Å². The zero-order valence-electron chi connectivity index (χ0n) is 25.4. The molecule has 3 aromatic rings. The molecule has 42 heavy (non-hydrogen) atoms. The molecule has 2 aromatic carbocycles. The van der Waals surface area contributed by atoms with Gasteiger partial charge in [0, 0.05) is 43.7 Å². The third kappa shape index (κ3) is 11.9. The Morgan fingerprint density at radius 2 is 1.83 bits per heavy atom. The van der Waals surface area contributed by atoms with Gasteiger partial charge in [0.15, 0.2) is 0 Å². The molecule has 1 aromatic heterocycles. The van der Waals surface area contributed by atoms with Crippen LogP contribution in [0, 0.1) is 12.7 Å². The first kappa shape index (κ1) is 33.2. The van der Waals surface area contributed by atoms with Crippen molar-refractivity contribution in [3.8, 4) is 5.75 Å². The number of aromatic nitrogens is 1. The van der Waals surface area contributed by atoms with Crippen LogP contribution in [0.1, 0.15) is 77.7 Å². The predicted molar refractivity (Wildman–Crippen MR) is 166 cm³/mol. The second-order valence-corrected chi connectivity index (χ2v) is 11.1. The van der Waals surface area contributed by atoms with Crippen molar-refractivity contribution in [2.24, 2.45) is 5.73 Å². The Labute approximate surface area is 250 Å². The molecule has 0 aliphatic carbocycles. The molecule has 0 spiro atoms. The monoisotopic (exact) mass is 578 g/mol. The van der Waals surface area contributed by atoms with Crippen LogP contribution in [0.25, 0.3) is 0 Å². The third-order valence-corrected chi connectivity index (χ3v) is 7.17. The molecule has 8 heteroatoms. The minimum Gasteiger partial charge on any atom is -0.493 e. The first-order valence-corrected chi connectivity index (χ1v) is 15.1. The van der Waals surface area contributed by atoms with Gasteiger partial charge in [-0.15, -0.1) is 0 Å². The Morgan fingerprint density at radius 1 is 1.02 bits per heavy atom. The lowest BCUT2D eigenvalue weighted by Crippen LogP contribution is -2.27. The largest absolute Gasteiger partial charge is 0.493 e. The molecule has 7 nitrogen and oxygen atoms in total. The normalized spacial score (nSPS) is 12.0. The fourth-order valence-electron chi connectivity index (χ4n) is 5.07. The van der Waals surface area contributed by atoms with Crippen molar-refractivity contribution in [3.63, 3.8) is 0 Å². The predicted octanol–water partition coefficient (Wildman–Crippen LogP) is 5.34. The van der Waals surface area contributed by atoms with Crippen molar-refractivity contribution in [1.82, 2.24) is 15.2 Å². The number of carbonyl (C=O) groups is 1. The number of hydrogen-bond acceptors (Lipinski definition) is 6. The number of ether oxygens (including phenoxy) is 1. The highest BCUT2D eigenvalue weighted by Gasteiger charge is 2.10. The van der Waals surface area contributed by atoms with Crippen molar-refractivity contribution >= 4 is 5.91 Å². The number of amides is 1. The summed E-state index contributed by atoms with van der Waals surface area (Å²) in [5.74, 6) is -0.221. The van der Waals surface area contributed by atoms with E-state index in [0.717, 1.165) is 67.6 Å². The summed E-state index contributed by atoms with van der Waals surface area (Å²) in [6, 6.07) is 12.7. The number of nitrogens with two attached hydrogens (primary N) is 1. The number of aliphatic hydroxyl groups is 1. The molecule has 0 bridgehead atoms. The summed E-state index contributed by atoms with van der Waals surface area (Å²) >= 11 is 0. The van der Waals surface area contributed by atoms with Crippen LogP contribution >= 0.6 is 0 Å². The summed E-state index contributed by atoms with van der Waals surface area (Å²) < 4.78 is 20.2. The number of pyridine rings is 1. The molecule has 1 heterocycles. The van der Waals surface area contributed by atoms with E-state index in [4.69, 9.17) is 10.5 Å². The van der Waals surface area contributed by atoms with E-state index in [1.165, 1.54) is 17.7 Å². The first-order valence-electron chi connectivity index (χ1n) is 15.1. The van der Waals surface area contributed by atoms with Gasteiger partial charge in [-0.1, -0.05) is 31.5 Å². The molecule has 1 amide bonds. The lowest BCUT2D eigenvalue weighted by Gasteiger charge is -2.22. The minimum atomic E-state index is -0.534. The van der Waals surface area contributed by atoms with Gasteiger partial charge in [0.2, 0.25) is 5.91 Å². The van der Waals surface area contributed by atoms with E-state index in [-0.39, 0.29) is 5.82 Å². The van der Waals surface area contributed by atoms with Gasteiger partial charge in [-0.25, -0.2) is 4.39 Å². The number of nitrogens with one attached hydrogen (secondary N) is 1. The molecule has 228 valence electrons. The van der Waals surface area contributed by atoms with Crippen molar-refractivity contribution in [2.75, 3.05) is 26.2 Å². The van der Waals surface area contributed by atoms with Crippen LogP contribution in [0.4, 0.5) is 4.39 Å². The Morgan fingerprint density at radius 3 is 2.60 bits per heavy atom. The second kappa shape index (κ2) is 17.6. The maximum atomic E-state index is 14.3. The summed E-state index contributed by atoms with van der Waals surface area (Å²) in [5, 5.41) is 13.7. The number of aryl methyl sites for hydroxylation is 3. The van der Waals surface area contributed by atoms with Gasteiger partial charge in [-0.2, -0.15) is 0 Å². The van der Waals surface area contributed by atoms with Crippen molar-refractivity contribution in [2.45, 2.75) is 78.5 Å². The number of halogens is 1. The third-order valence-electron chi connectivity index (χ3n) is 7.17. The van der Waals surface area contributed by atoms with Crippen LogP contribution in [0.3, 0.4) is 0 Å². The fourth-order valence-corrected chi connectivity index (χ4v) is 5.07. The lowest BCUT2D eigenvalue weighted by atomic mass is 10.1. The number of aliphatic hydroxyl groups excluding tert-OH is 1. The number of nitrogens with zero attached hydrogens (tertiary/aromatic N) is 2. The zero-order chi connectivity index (χ0) is 30.3. The molecule has 0 aliphatic heterocycles. The molecule has 1 atom stereocenters. The molecular formula is C34H47FN4O3. The van der Waals surface area contributed by atoms with Crippen LogP contribution in [0.2, 0.25) is 0 Å². The summed E-state index contributed by atoms with van der Waals surface area (Å²) in [6.45, 7) is 10.4. The number of unbranched alkanes of at least 4 members (excludes halogenated alkanes) is 1. The number of carbonyl (C=O) groups excluding carboxylic acids is 1. The van der Waals surface area contributed by atoms with Gasteiger partial charge >= 0.3 is 0 Å². The van der Waals surface area contributed by atoms with Crippen molar-refractivity contribution < 1.29 is 19.0 Å². The molecule has 0 radical (unpaired) electrons. The maximum Gasteiger partial charge on any atom is 0.248 e. The second-order valence-electron chi connectivity index (χ2n) is 11.1. The van der Waals surface area contributed by atoms with Crippen LogP contribution in [-0.4, -0.2) is 53.2 Å². The highest BCUT2D eigenvalue weighted by Crippen LogP contribution is 2.19. The van der Waals surface area contributed by atoms with E-state index in [0.29, 0.717) is 43.9 Å². The highest BCUT2D eigenvalue weighted by molar-refractivity contribution is 5.93. The number of primary amides is 1.